The van der Waals surface area contributed by atoms with Crippen molar-refractivity contribution in [3.05, 3.63) is 63.6 Å². The van der Waals surface area contributed by atoms with Crippen LogP contribution in [-0.2, 0) is 21.2 Å². The van der Waals surface area contributed by atoms with Crippen LogP contribution in [0.5, 0.6) is 0 Å². The third-order valence-electron chi connectivity index (χ3n) is 5.55. The summed E-state index contributed by atoms with van der Waals surface area (Å²) in [6.07, 6.45) is 4.76. The van der Waals surface area contributed by atoms with Gasteiger partial charge in [-0.05, 0) is 67.3 Å². The molecule has 0 radical (unpaired) electrons. The van der Waals surface area contributed by atoms with E-state index in [9.17, 15) is 13.2 Å². The minimum atomic E-state index is -3.32. The number of hydrogen-bond acceptors (Lipinski definition) is 7. The van der Waals surface area contributed by atoms with Crippen LogP contribution in [0.4, 0.5) is 0 Å². The summed E-state index contributed by atoms with van der Waals surface area (Å²) in [7, 11) is 2.63. The highest BCUT2D eigenvalue weighted by Crippen LogP contribution is 2.30. The van der Waals surface area contributed by atoms with Gasteiger partial charge in [0.1, 0.15) is 0 Å². The van der Waals surface area contributed by atoms with Crippen molar-refractivity contribution >= 4 is 61.3 Å². The SMILES string of the molecule is CN(C)CCN(C)C1=NC(=O)C(=Cc2ccc3c(cnn3Cc3ccc(S(C)(=O)=O)cc3Cl)c2)S1. The molecule has 0 fully saturated rings. The molecule has 0 saturated carbocycles. The number of sulfone groups is 1. The zero-order valence-electron chi connectivity index (χ0n) is 19.9. The molecule has 3 aromatic rings. The quantitative estimate of drug-likeness (QED) is 0.430. The van der Waals surface area contributed by atoms with Crippen molar-refractivity contribution in [1.29, 1.82) is 0 Å². The van der Waals surface area contributed by atoms with Gasteiger partial charge in [0, 0.05) is 36.8 Å². The molecule has 2 heterocycles. The van der Waals surface area contributed by atoms with Gasteiger partial charge in [0.2, 0.25) is 0 Å². The molecule has 1 amide bonds. The molecule has 0 aliphatic carbocycles. The largest absolute Gasteiger partial charge is 0.353 e. The lowest BCUT2D eigenvalue weighted by molar-refractivity contribution is -0.113. The molecule has 0 N–H and O–H groups in total. The van der Waals surface area contributed by atoms with Crippen molar-refractivity contribution in [3.8, 4) is 0 Å². The minimum absolute atomic E-state index is 0.185. The number of carbonyl (C=O) groups excluding carboxylic acids is 1. The number of carbonyl (C=O) groups is 1. The van der Waals surface area contributed by atoms with Crippen molar-refractivity contribution in [2.24, 2.45) is 4.99 Å². The number of amidine groups is 1. The molecule has 35 heavy (non-hydrogen) atoms. The van der Waals surface area contributed by atoms with Crippen LogP contribution >= 0.6 is 23.4 Å². The first-order valence-corrected chi connectivity index (χ1v) is 13.9. The van der Waals surface area contributed by atoms with Gasteiger partial charge in [0.15, 0.2) is 15.0 Å². The molecule has 0 atom stereocenters. The summed E-state index contributed by atoms with van der Waals surface area (Å²) in [5.74, 6) is -0.232. The number of aromatic nitrogens is 2. The molecule has 11 heteroatoms. The van der Waals surface area contributed by atoms with Crippen LogP contribution in [0.2, 0.25) is 5.02 Å². The van der Waals surface area contributed by atoms with E-state index in [4.69, 9.17) is 11.6 Å². The number of aliphatic imine (C=N–C) groups is 1. The Morgan fingerprint density at radius 3 is 2.57 bits per heavy atom. The molecule has 1 aliphatic heterocycles. The molecule has 0 saturated heterocycles. The van der Waals surface area contributed by atoms with E-state index in [0.717, 1.165) is 41.4 Å². The molecule has 1 aliphatic rings. The van der Waals surface area contributed by atoms with Crippen LogP contribution < -0.4 is 0 Å². The van der Waals surface area contributed by atoms with Gasteiger partial charge in [-0.2, -0.15) is 10.1 Å². The van der Waals surface area contributed by atoms with E-state index in [-0.39, 0.29) is 10.8 Å². The van der Waals surface area contributed by atoms with Gasteiger partial charge in [-0.3, -0.25) is 9.48 Å². The second-order valence-corrected chi connectivity index (χ2v) is 12.1. The smallest absolute Gasteiger partial charge is 0.286 e. The van der Waals surface area contributed by atoms with Crippen LogP contribution in [0, 0.1) is 0 Å². The fourth-order valence-corrected chi connectivity index (χ4v) is 5.38. The first-order chi connectivity index (χ1) is 16.5. The summed E-state index contributed by atoms with van der Waals surface area (Å²) in [5.41, 5.74) is 2.56. The average molecular weight is 532 g/mol. The highest BCUT2D eigenvalue weighted by Gasteiger charge is 2.24. The van der Waals surface area contributed by atoms with Gasteiger partial charge < -0.3 is 9.80 Å². The predicted molar refractivity (Wildman–Crippen MR) is 143 cm³/mol. The topological polar surface area (TPSA) is 87.9 Å². The van der Waals surface area contributed by atoms with Crippen LogP contribution in [0.1, 0.15) is 11.1 Å². The summed E-state index contributed by atoms with van der Waals surface area (Å²) in [5, 5.41) is 6.47. The third-order valence-corrected chi connectivity index (χ3v) is 8.11. The number of hydrogen-bond donors (Lipinski definition) is 0. The van der Waals surface area contributed by atoms with Gasteiger partial charge in [-0.1, -0.05) is 23.7 Å². The summed E-state index contributed by atoms with van der Waals surface area (Å²) >= 11 is 7.72. The minimum Gasteiger partial charge on any atom is -0.353 e. The molecular formula is C24H26ClN5O3S2. The summed E-state index contributed by atoms with van der Waals surface area (Å²) in [4.78, 5) is 21.5. The number of rotatable bonds is 7. The Bertz CT molecular complexity index is 1460. The van der Waals surface area contributed by atoms with Crippen LogP contribution in [0.3, 0.4) is 0 Å². The number of nitrogens with zero attached hydrogens (tertiary/aromatic N) is 5. The Kier molecular flexibility index (Phi) is 7.37. The Morgan fingerprint density at radius 1 is 1.11 bits per heavy atom. The number of fused-ring (bicyclic) bond motifs is 1. The van der Waals surface area contributed by atoms with Gasteiger partial charge in [0.05, 0.1) is 28.1 Å². The maximum Gasteiger partial charge on any atom is 0.286 e. The number of amides is 1. The fraction of sp³-hybridized carbons (Fsp3) is 0.292. The molecule has 2 aromatic carbocycles. The Balaban J connectivity index is 1.51. The lowest BCUT2D eigenvalue weighted by Gasteiger charge is -2.19. The number of thioether (sulfide) groups is 1. The van der Waals surface area contributed by atoms with E-state index in [1.54, 1.807) is 18.3 Å². The zero-order valence-corrected chi connectivity index (χ0v) is 22.3. The molecule has 1 aromatic heterocycles. The normalized spacial score (nSPS) is 15.4. The number of benzene rings is 2. The van der Waals surface area contributed by atoms with E-state index >= 15 is 0 Å². The Hall–Kier alpha value is -2.66. The average Bonchev–Trinajstić information content (AvgIpc) is 3.35. The van der Waals surface area contributed by atoms with Crippen molar-refractivity contribution < 1.29 is 13.2 Å². The highest BCUT2D eigenvalue weighted by molar-refractivity contribution is 8.18. The second-order valence-electron chi connectivity index (χ2n) is 8.68. The Morgan fingerprint density at radius 2 is 1.89 bits per heavy atom. The summed E-state index contributed by atoms with van der Waals surface area (Å²) < 4.78 is 25.3. The molecule has 0 spiro atoms. The van der Waals surface area contributed by atoms with Crippen molar-refractivity contribution in [2.45, 2.75) is 11.4 Å². The van der Waals surface area contributed by atoms with Crippen molar-refractivity contribution in [2.75, 3.05) is 40.5 Å². The molecular weight excluding hydrogens is 506 g/mol. The van der Waals surface area contributed by atoms with Gasteiger partial charge in [-0.15, -0.1) is 0 Å². The molecule has 0 unspecified atom stereocenters. The molecule has 8 nitrogen and oxygen atoms in total. The Labute approximate surface area is 214 Å². The zero-order chi connectivity index (χ0) is 25.3. The third kappa shape index (κ3) is 5.95. The summed E-state index contributed by atoms with van der Waals surface area (Å²) in [6, 6.07) is 10.6. The van der Waals surface area contributed by atoms with Crippen molar-refractivity contribution in [1.82, 2.24) is 19.6 Å². The second kappa shape index (κ2) is 10.1. The van der Waals surface area contributed by atoms with Crippen LogP contribution in [0.15, 0.2) is 57.4 Å². The van der Waals surface area contributed by atoms with E-state index < -0.39 is 9.84 Å². The maximum atomic E-state index is 12.4. The van der Waals surface area contributed by atoms with Gasteiger partial charge in [0.25, 0.3) is 5.91 Å². The van der Waals surface area contributed by atoms with Crippen LogP contribution in [0.25, 0.3) is 17.0 Å². The monoisotopic (exact) mass is 531 g/mol. The van der Waals surface area contributed by atoms with E-state index in [2.05, 4.69) is 15.0 Å². The maximum absolute atomic E-state index is 12.4. The molecule has 184 valence electrons. The van der Waals surface area contributed by atoms with Crippen LogP contribution in [-0.4, -0.2) is 79.6 Å². The lowest BCUT2D eigenvalue weighted by Crippen LogP contribution is -2.31. The summed E-state index contributed by atoms with van der Waals surface area (Å²) in [6.45, 7) is 2.06. The predicted octanol–water partition coefficient (Wildman–Crippen LogP) is 3.61. The standard InChI is InChI=1S/C24H26ClN5O3S2/c1-28(2)9-10-29(3)24-27-23(31)22(34-24)12-16-5-8-21-18(11-16)14-26-30(21)15-17-6-7-19(13-20(17)25)35(4,32)33/h5-8,11-14H,9-10,15H2,1-4H3. The van der Waals surface area contributed by atoms with Crippen molar-refractivity contribution in [3.63, 3.8) is 0 Å². The number of halogens is 1. The fourth-order valence-electron chi connectivity index (χ4n) is 3.53. The van der Waals surface area contributed by atoms with E-state index in [1.807, 2.05) is 55.0 Å². The first kappa shape index (κ1) is 25.4. The van der Waals surface area contributed by atoms with Gasteiger partial charge >= 0.3 is 0 Å². The lowest BCUT2D eigenvalue weighted by atomic mass is 10.1. The first-order valence-electron chi connectivity index (χ1n) is 10.8. The molecule has 0 bridgehead atoms. The highest BCUT2D eigenvalue weighted by atomic mass is 35.5. The molecule has 4 rings (SSSR count). The van der Waals surface area contributed by atoms with E-state index in [1.165, 1.54) is 17.8 Å². The van der Waals surface area contributed by atoms with Gasteiger partial charge in [-0.25, -0.2) is 8.42 Å². The number of likely N-dealkylation sites (N-methyl/N-ethyl adjacent to an activating group) is 2. The van der Waals surface area contributed by atoms with E-state index in [0.29, 0.717) is 21.6 Å².